The zero-order valence-corrected chi connectivity index (χ0v) is 11.1. The van der Waals surface area contributed by atoms with Gasteiger partial charge in [0.1, 0.15) is 6.07 Å². The summed E-state index contributed by atoms with van der Waals surface area (Å²) in [5.41, 5.74) is 7.94. The highest BCUT2D eigenvalue weighted by molar-refractivity contribution is 5.63. The highest BCUT2D eigenvalue weighted by Crippen LogP contribution is 2.29. The van der Waals surface area contributed by atoms with Crippen LogP contribution >= 0.6 is 0 Å². The predicted octanol–water partition coefficient (Wildman–Crippen LogP) is 2.18. The number of piperidine rings is 1. The first kappa shape index (κ1) is 12.3. The summed E-state index contributed by atoms with van der Waals surface area (Å²) in [4.78, 5) is 2.60. The number of nitrogen functional groups attached to an aromatic ring is 1. The van der Waals surface area contributed by atoms with Gasteiger partial charge >= 0.3 is 0 Å². The highest BCUT2D eigenvalue weighted by Gasteiger charge is 2.31. The number of rotatable bonds is 2. The van der Waals surface area contributed by atoms with Crippen molar-refractivity contribution in [3.63, 3.8) is 0 Å². The lowest BCUT2D eigenvalue weighted by molar-refractivity contribution is 0.188. The molecule has 2 atom stereocenters. The molecular weight excluding hydrogens is 236 g/mol. The van der Waals surface area contributed by atoms with E-state index in [1.54, 1.807) is 6.07 Å². The lowest BCUT2D eigenvalue weighted by atomic mass is 9.97. The fourth-order valence-corrected chi connectivity index (χ4v) is 3.36. The summed E-state index contributed by atoms with van der Waals surface area (Å²) in [7, 11) is 0. The van der Waals surface area contributed by atoms with Crippen molar-refractivity contribution in [2.75, 3.05) is 24.1 Å². The quantitative estimate of drug-likeness (QED) is 0.796. The van der Waals surface area contributed by atoms with Gasteiger partial charge in [-0.3, -0.25) is 0 Å². The summed E-state index contributed by atoms with van der Waals surface area (Å²) in [6.45, 7) is 2.45. The van der Waals surface area contributed by atoms with Gasteiger partial charge in [0.2, 0.25) is 0 Å². The van der Waals surface area contributed by atoms with Crippen molar-refractivity contribution in [3.8, 4) is 6.07 Å². The van der Waals surface area contributed by atoms with E-state index in [-0.39, 0.29) is 0 Å². The van der Waals surface area contributed by atoms with Crippen molar-refractivity contribution in [3.05, 3.63) is 23.8 Å². The molecule has 1 aromatic carbocycles. The van der Waals surface area contributed by atoms with Crippen LogP contribution in [0.5, 0.6) is 0 Å². The smallest absolute Gasteiger partial charge is 0.101 e. The summed E-state index contributed by atoms with van der Waals surface area (Å²) in [5.74, 6) is 0. The molecule has 19 heavy (non-hydrogen) atoms. The van der Waals surface area contributed by atoms with Gasteiger partial charge < -0.3 is 16.0 Å². The molecule has 0 saturated carbocycles. The normalized spacial score (nSPS) is 26.7. The molecule has 0 amide bonds. The molecule has 2 unspecified atom stereocenters. The van der Waals surface area contributed by atoms with Crippen molar-refractivity contribution in [1.82, 2.24) is 4.90 Å². The van der Waals surface area contributed by atoms with Crippen molar-refractivity contribution in [2.24, 2.45) is 0 Å². The molecule has 2 aliphatic heterocycles. The molecule has 0 spiro atoms. The second-order valence-electron chi connectivity index (χ2n) is 5.61. The Kier molecular flexibility index (Phi) is 3.31. The first-order valence-corrected chi connectivity index (χ1v) is 7.06. The molecule has 0 aromatic heterocycles. The van der Waals surface area contributed by atoms with Crippen molar-refractivity contribution < 1.29 is 0 Å². The summed E-state index contributed by atoms with van der Waals surface area (Å²) < 4.78 is 0. The third kappa shape index (κ3) is 2.52. The number of benzene rings is 1. The van der Waals surface area contributed by atoms with Crippen LogP contribution < -0.4 is 11.1 Å². The molecule has 2 aliphatic rings. The zero-order chi connectivity index (χ0) is 13.2. The van der Waals surface area contributed by atoms with Crippen molar-refractivity contribution in [1.29, 1.82) is 5.26 Å². The van der Waals surface area contributed by atoms with E-state index in [1.807, 2.05) is 12.1 Å². The lowest BCUT2D eigenvalue weighted by Gasteiger charge is -2.35. The Bertz CT molecular complexity index is 505. The largest absolute Gasteiger partial charge is 0.399 e. The van der Waals surface area contributed by atoms with Gasteiger partial charge in [0.25, 0.3) is 0 Å². The molecule has 2 heterocycles. The molecule has 0 bridgehead atoms. The van der Waals surface area contributed by atoms with Crippen LogP contribution in [0, 0.1) is 11.3 Å². The number of anilines is 2. The van der Waals surface area contributed by atoms with Gasteiger partial charge in [0, 0.05) is 24.3 Å². The molecule has 4 heteroatoms. The van der Waals surface area contributed by atoms with Crippen molar-refractivity contribution in [2.45, 2.75) is 37.8 Å². The van der Waals surface area contributed by atoms with Gasteiger partial charge in [-0.15, -0.1) is 0 Å². The predicted molar refractivity (Wildman–Crippen MR) is 76.8 cm³/mol. The van der Waals surface area contributed by atoms with E-state index >= 15 is 0 Å². The minimum absolute atomic E-state index is 0.482. The Morgan fingerprint density at radius 3 is 3.05 bits per heavy atom. The number of hydrogen-bond donors (Lipinski definition) is 2. The van der Waals surface area contributed by atoms with E-state index in [2.05, 4.69) is 16.3 Å². The van der Waals surface area contributed by atoms with Crippen LogP contribution in [0.3, 0.4) is 0 Å². The fraction of sp³-hybridized carbons (Fsp3) is 0.533. The molecule has 4 nitrogen and oxygen atoms in total. The maximum atomic E-state index is 9.17. The Labute approximate surface area is 114 Å². The number of nitriles is 1. The molecule has 2 saturated heterocycles. The molecule has 100 valence electrons. The van der Waals surface area contributed by atoms with Gasteiger partial charge in [0.05, 0.1) is 11.3 Å². The van der Waals surface area contributed by atoms with E-state index < -0.39 is 0 Å². The van der Waals surface area contributed by atoms with Crippen LogP contribution in [0.2, 0.25) is 0 Å². The topological polar surface area (TPSA) is 65.1 Å². The molecule has 2 fully saturated rings. The molecule has 1 aromatic rings. The average Bonchev–Trinajstić information content (AvgIpc) is 2.88. The van der Waals surface area contributed by atoms with Crippen LogP contribution in [0.15, 0.2) is 18.2 Å². The molecule has 0 aliphatic carbocycles. The van der Waals surface area contributed by atoms with Crippen LogP contribution in [0.4, 0.5) is 11.4 Å². The molecule has 0 radical (unpaired) electrons. The molecule has 3 N–H and O–H groups in total. The minimum Gasteiger partial charge on any atom is -0.399 e. The van der Waals surface area contributed by atoms with Gasteiger partial charge in [-0.1, -0.05) is 0 Å². The summed E-state index contributed by atoms with van der Waals surface area (Å²) in [6, 6.07) is 8.97. The standard InChI is InChI=1S/C15H20N4/c16-10-11-8-12(17)3-4-15(11)18-13-5-7-19-6-1-2-14(19)9-13/h3-4,8,13-14,18H,1-2,5-7,9,17H2. The third-order valence-electron chi connectivity index (χ3n) is 4.34. The summed E-state index contributed by atoms with van der Waals surface area (Å²) in [5, 5.41) is 12.7. The van der Waals surface area contributed by atoms with E-state index in [0.717, 1.165) is 18.2 Å². The Morgan fingerprint density at radius 2 is 2.21 bits per heavy atom. The summed E-state index contributed by atoms with van der Waals surface area (Å²) >= 11 is 0. The van der Waals surface area contributed by atoms with Crippen LogP contribution in [-0.4, -0.2) is 30.1 Å². The first-order chi connectivity index (χ1) is 9.26. The van der Waals surface area contributed by atoms with E-state index in [0.29, 0.717) is 17.3 Å². The highest BCUT2D eigenvalue weighted by atomic mass is 15.2. The van der Waals surface area contributed by atoms with Crippen LogP contribution in [-0.2, 0) is 0 Å². The number of hydrogen-bond acceptors (Lipinski definition) is 4. The third-order valence-corrected chi connectivity index (χ3v) is 4.34. The van der Waals surface area contributed by atoms with E-state index in [1.165, 1.54) is 32.4 Å². The fourth-order valence-electron chi connectivity index (χ4n) is 3.36. The maximum Gasteiger partial charge on any atom is 0.101 e. The Morgan fingerprint density at radius 1 is 1.32 bits per heavy atom. The van der Waals surface area contributed by atoms with Gasteiger partial charge in [-0.05, 0) is 50.4 Å². The maximum absolute atomic E-state index is 9.17. The van der Waals surface area contributed by atoms with Crippen LogP contribution in [0.25, 0.3) is 0 Å². The Hall–Kier alpha value is -1.73. The Balaban J connectivity index is 1.70. The summed E-state index contributed by atoms with van der Waals surface area (Å²) in [6.07, 6.45) is 5.01. The molecular formula is C15H20N4. The molecule has 3 rings (SSSR count). The van der Waals surface area contributed by atoms with Gasteiger partial charge in [0.15, 0.2) is 0 Å². The SMILES string of the molecule is N#Cc1cc(N)ccc1NC1CCN2CCCC2C1. The number of fused-ring (bicyclic) bond motifs is 1. The lowest BCUT2D eigenvalue weighted by Crippen LogP contribution is -2.42. The van der Waals surface area contributed by atoms with Crippen molar-refractivity contribution >= 4 is 11.4 Å². The average molecular weight is 256 g/mol. The second kappa shape index (κ2) is 5.10. The first-order valence-electron chi connectivity index (χ1n) is 7.06. The number of nitrogens with one attached hydrogen (secondary N) is 1. The van der Waals surface area contributed by atoms with E-state index in [9.17, 15) is 0 Å². The number of nitrogens with zero attached hydrogens (tertiary/aromatic N) is 2. The number of nitrogens with two attached hydrogens (primary N) is 1. The second-order valence-corrected chi connectivity index (χ2v) is 5.61. The van der Waals surface area contributed by atoms with E-state index in [4.69, 9.17) is 11.0 Å². The minimum atomic E-state index is 0.482. The zero-order valence-electron chi connectivity index (χ0n) is 11.1. The monoisotopic (exact) mass is 256 g/mol. The van der Waals surface area contributed by atoms with Gasteiger partial charge in [-0.2, -0.15) is 5.26 Å². The van der Waals surface area contributed by atoms with Crippen LogP contribution in [0.1, 0.15) is 31.2 Å². The van der Waals surface area contributed by atoms with Gasteiger partial charge in [-0.25, -0.2) is 0 Å².